The lowest BCUT2D eigenvalue weighted by Crippen LogP contribution is -2.43. The number of hydrogen-bond acceptors (Lipinski definition) is 3. The van der Waals surface area contributed by atoms with Crippen LogP contribution in [-0.2, 0) is 11.3 Å². The highest BCUT2D eigenvalue weighted by molar-refractivity contribution is 5.73. The second-order valence-electron chi connectivity index (χ2n) is 4.24. The van der Waals surface area contributed by atoms with Crippen molar-refractivity contribution in [1.29, 1.82) is 0 Å². The molecule has 1 aromatic rings. The number of amides is 1. The number of nitrogens with zero attached hydrogens (tertiary/aromatic N) is 1. The van der Waals surface area contributed by atoms with Gasteiger partial charge in [0.25, 0.3) is 0 Å². The van der Waals surface area contributed by atoms with E-state index in [0.29, 0.717) is 6.04 Å². The van der Waals surface area contributed by atoms with Crippen LogP contribution < -0.4 is 5.32 Å². The molecule has 2 rings (SSSR count). The summed E-state index contributed by atoms with van der Waals surface area (Å²) in [5.74, 6) is 1.15. The minimum absolute atomic E-state index is 0.185. The largest absolute Gasteiger partial charge is 0.468 e. The summed E-state index contributed by atoms with van der Waals surface area (Å²) in [5.41, 5.74) is 0. The smallest absolute Gasteiger partial charge is 0.219 e. The number of carbonyl (C=O) groups excluding carboxylic acids is 1. The first kappa shape index (κ1) is 11.2. The van der Waals surface area contributed by atoms with Crippen LogP contribution >= 0.6 is 0 Å². The lowest BCUT2D eigenvalue weighted by molar-refractivity contribution is -0.129. The van der Waals surface area contributed by atoms with Gasteiger partial charge in [0.2, 0.25) is 5.91 Å². The summed E-state index contributed by atoms with van der Waals surface area (Å²) in [6.07, 6.45) is 3.75. The summed E-state index contributed by atoms with van der Waals surface area (Å²) in [7, 11) is 0. The minimum Gasteiger partial charge on any atom is -0.468 e. The van der Waals surface area contributed by atoms with Gasteiger partial charge in [-0.2, -0.15) is 0 Å². The van der Waals surface area contributed by atoms with E-state index >= 15 is 0 Å². The molecule has 0 saturated carbocycles. The molecule has 16 heavy (non-hydrogen) atoms. The van der Waals surface area contributed by atoms with Gasteiger partial charge in [-0.15, -0.1) is 0 Å². The zero-order valence-electron chi connectivity index (χ0n) is 9.61. The maximum atomic E-state index is 11.1. The van der Waals surface area contributed by atoms with Crippen molar-refractivity contribution in [2.75, 3.05) is 13.1 Å². The number of furan rings is 1. The number of rotatable bonds is 3. The maximum Gasteiger partial charge on any atom is 0.219 e. The maximum absolute atomic E-state index is 11.1. The molecule has 0 bridgehead atoms. The third-order valence-electron chi connectivity index (χ3n) is 3.09. The number of nitrogens with one attached hydrogen (secondary N) is 1. The molecule has 1 saturated heterocycles. The highest BCUT2D eigenvalue weighted by Gasteiger charge is 2.20. The van der Waals surface area contributed by atoms with Crippen LogP contribution in [0.4, 0.5) is 0 Å². The number of likely N-dealkylation sites (tertiary alicyclic amines) is 1. The number of carbonyl (C=O) groups is 1. The monoisotopic (exact) mass is 222 g/mol. The summed E-state index contributed by atoms with van der Waals surface area (Å²) < 4.78 is 5.26. The van der Waals surface area contributed by atoms with Crippen molar-refractivity contribution in [1.82, 2.24) is 10.2 Å². The van der Waals surface area contributed by atoms with E-state index in [1.807, 2.05) is 17.0 Å². The lowest BCUT2D eigenvalue weighted by Gasteiger charge is -2.31. The van der Waals surface area contributed by atoms with Gasteiger partial charge in [0, 0.05) is 26.1 Å². The van der Waals surface area contributed by atoms with Crippen LogP contribution in [0.25, 0.3) is 0 Å². The van der Waals surface area contributed by atoms with Gasteiger partial charge in [0.15, 0.2) is 0 Å². The standard InChI is InChI=1S/C12H18N2O2/c1-10(15)14-6-4-11(5-7-14)13-9-12-3-2-8-16-12/h2-3,8,11,13H,4-7,9H2,1H3. The Morgan fingerprint density at radius 3 is 2.88 bits per heavy atom. The van der Waals surface area contributed by atoms with E-state index < -0.39 is 0 Å². The zero-order chi connectivity index (χ0) is 11.4. The average molecular weight is 222 g/mol. The first-order chi connectivity index (χ1) is 7.75. The highest BCUT2D eigenvalue weighted by atomic mass is 16.3. The molecule has 0 radical (unpaired) electrons. The molecule has 0 atom stereocenters. The second kappa shape index (κ2) is 5.16. The van der Waals surface area contributed by atoms with Gasteiger partial charge in [-0.25, -0.2) is 0 Å². The summed E-state index contributed by atoms with van der Waals surface area (Å²) in [4.78, 5) is 13.0. The van der Waals surface area contributed by atoms with Crippen LogP contribution in [0.3, 0.4) is 0 Å². The van der Waals surface area contributed by atoms with Gasteiger partial charge >= 0.3 is 0 Å². The fourth-order valence-corrected chi connectivity index (χ4v) is 2.06. The molecule has 88 valence electrons. The molecule has 1 fully saturated rings. The molecule has 2 heterocycles. The molecule has 1 aromatic heterocycles. The van der Waals surface area contributed by atoms with Crippen LogP contribution in [0.15, 0.2) is 22.8 Å². The molecule has 1 aliphatic rings. The predicted octanol–water partition coefficient (Wildman–Crippen LogP) is 1.38. The molecular formula is C12H18N2O2. The van der Waals surface area contributed by atoms with Crippen molar-refractivity contribution >= 4 is 5.91 Å². The van der Waals surface area contributed by atoms with Crippen LogP contribution in [0.2, 0.25) is 0 Å². The van der Waals surface area contributed by atoms with E-state index in [1.54, 1.807) is 13.2 Å². The van der Waals surface area contributed by atoms with Gasteiger partial charge in [-0.1, -0.05) is 0 Å². The molecule has 1 N–H and O–H groups in total. The van der Waals surface area contributed by atoms with Crippen molar-refractivity contribution in [3.8, 4) is 0 Å². The van der Waals surface area contributed by atoms with Gasteiger partial charge in [-0.3, -0.25) is 4.79 Å². The van der Waals surface area contributed by atoms with Crippen molar-refractivity contribution in [2.45, 2.75) is 32.4 Å². The Hall–Kier alpha value is -1.29. The second-order valence-corrected chi connectivity index (χ2v) is 4.24. The Morgan fingerprint density at radius 1 is 1.56 bits per heavy atom. The van der Waals surface area contributed by atoms with E-state index in [9.17, 15) is 4.79 Å². The Labute approximate surface area is 95.6 Å². The van der Waals surface area contributed by atoms with E-state index in [1.165, 1.54) is 0 Å². The average Bonchev–Trinajstić information content (AvgIpc) is 2.80. The summed E-state index contributed by atoms with van der Waals surface area (Å²) in [6, 6.07) is 4.37. The van der Waals surface area contributed by atoms with Gasteiger partial charge in [-0.05, 0) is 25.0 Å². The number of hydrogen-bond donors (Lipinski definition) is 1. The van der Waals surface area contributed by atoms with Crippen LogP contribution in [-0.4, -0.2) is 29.9 Å². The molecule has 0 aromatic carbocycles. The fraction of sp³-hybridized carbons (Fsp3) is 0.583. The molecular weight excluding hydrogens is 204 g/mol. The SMILES string of the molecule is CC(=O)N1CCC(NCc2ccco2)CC1. The van der Waals surface area contributed by atoms with Crippen molar-refractivity contribution < 1.29 is 9.21 Å². The topological polar surface area (TPSA) is 45.5 Å². The fourth-order valence-electron chi connectivity index (χ4n) is 2.06. The number of piperidine rings is 1. The molecule has 0 aliphatic carbocycles. The van der Waals surface area contributed by atoms with Crippen molar-refractivity contribution in [3.05, 3.63) is 24.2 Å². The minimum atomic E-state index is 0.185. The quantitative estimate of drug-likeness (QED) is 0.840. The summed E-state index contributed by atoms with van der Waals surface area (Å²) >= 11 is 0. The predicted molar refractivity (Wildman–Crippen MR) is 60.8 cm³/mol. The van der Waals surface area contributed by atoms with Crippen molar-refractivity contribution in [3.63, 3.8) is 0 Å². The van der Waals surface area contributed by atoms with Crippen LogP contribution in [0.5, 0.6) is 0 Å². The van der Waals surface area contributed by atoms with Crippen LogP contribution in [0, 0.1) is 0 Å². The summed E-state index contributed by atoms with van der Waals surface area (Å²) in [5, 5.41) is 3.45. The van der Waals surface area contributed by atoms with E-state index in [0.717, 1.165) is 38.2 Å². The normalized spacial score (nSPS) is 17.7. The molecule has 4 heteroatoms. The molecule has 1 amide bonds. The zero-order valence-corrected chi connectivity index (χ0v) is 9.61. The van der Waals surface area contributed by atoms with Crippen molar-refractivity contribution in [2.24, 2.45) is 0 Å². The van der Waals surface area contributed by atoms with Gasteiger partial charge < -0.3 is 14.6 Å². The third kappa shape index (κ3) is 2.85. The first-order valence-electron chi connectivity index (χ1n) is 5.77. The molecule has 0 unspecified atom stereocenters. The molecule has 4 nitrogen and oxygen atoms in total. The Balaban J connectivity index is 1.71. The Morgan fingerprint density at radius 2 is 2.31 bits per heavy atom. The van der Waals surface area contributed by atoms with E-state index in [2.05, 4.69) is 5.32 Å². The van der Waals surface area contributed by atoms with E-state index in [-0.39, 0.29) is 5.91 Å². The Bertz CT molecular complexity index is 327. The highest BCUT2D eigenvalue weighted by Crippen LogP contribution is 2.11. The first-order valence-corrected chi connectivity index (χ1v) is 5.77. The molecule has 1 aliphatic heterocycles. The van der Waals surface area contributed by atoms with Crippen LogP contribution in [0.1, 0.15) is 25.5 Å². The summed E-state index contributed by atoms with van der Waals surface area (Å²) in [6.45, 7) is 4.14. The van der Waals surface area contributed by atoms with Gasteiger partial charge in [0.05, 0.1) is 12.8 Å². The third-order valence-corrected chi connectivity index (χ3v) is 3.09. The lowest BCUT2D eigenvalue weighted by atomic mass is 10.1. The molecule has 0 spiro atoms. The Kier molecular flexibility index (Phi) is 3.62. The van der Waals surface area contributed by atoms with E-state index in [4.69, 9.17) is 4.42 Å². The van der Waals surface area contributed by atoms with Gasteiger partial charge in [0.1, 0.15) is 5.76 Å².